The number of allylic oxidation sites excluding steroid dienone is 1. The number of para-hydroxylation sites is 2. The van der Waals surface area contributed by atoms with Crippen molar-refractivity contribution in [2.45, 2.75) is 6.54 Å². The van der Waals surface area contributed by atoms with Crippen molar-refractivity contribution in [3.63, 3.8) is 0 Å². The topological polar surface area (TPSA) is 105 Å². The molecule has 0 aliphatic carbocycles. The van der Waals surface area contributed by atoms with Gasteiger partial charge in [-0.05, 0) is 29.8 Å². The average molecular weight is 390 g/mol. The van der Waals surface area contributed by atoms with Crippen LogP contribution in [0.1, 0.15) is 15.9 Å². The molecule has 1 heterocycles. The number of carbonyl (C=O) groups is 3. The summed E-state index contributed by atoms with van der Waals surface area (Å²) in [6, 6.07) is 13.8. The Morgan fingerprint density at radius 1 is 1.07 bits per heavy atom. The van der Waals surface area contributed by atoms with E-state index < -0.39 is 11.7 Å². The molecule has 0 atom stereocenters. The largest absolute Gasteiger partial charge is 0.397 e. The summed E-state index contributed by atoms with van der Waals surface area (Å²) in [6.07, 6.45) is 5.12. The predicted molar refractivity (Wildman–Crippen MR) is 112 cm³/mol. The van der Waals surface area contributed by atoms with Crippen molar-refractivity contribution < 1.29 is 14.4 Å². The fraction of sp³-hybridized carbons (Fsp3) is 0.136. The smallest absolute Gasteiger partial charge is 0.292 e. The Bertz CT molecular complexity index is 993. The molecule has 0 radical (unpaired) electrons. The van der Waals surface area contributed by atoms with Crippen molar-refractivity contribution in [3.05, 3.63) is 83.6 Å². The third kappa shape index (κ3) is 5.10. The van der Waals surface area contributed by atoms with Crippen LogP contribution in [0.3, 0.4) is 0 Å². The minimum Gasteiger partial charge on any atom is -0.397 e. The number of nitrogens with two attached hydrogens (primary N) is 1. The van der Waals surface area contributed by atoms with Crippen molar-refractivity contribution in [2.24, 2.45) is 0 Å². The highest BCUT2D eigenvalue weighted by atomic mass is 16.2. The number of ketones is 1. The molecule has 1 aliphatic heterocycles. The highest BCUT2D eigenvalue weighted by Gasteiger charge is 2.18. The molecule has 0 unspecified atom stereocenters. The molecule has 0 saturated carbocycles. The Balaban J connectivity index is 1.56. The number of likely N-dealkylation sites (N-methyl/N-ethyl adjacent to an activating group) is 1. The van der Waals surface area contributed by atoms with Gasteiger partial charge in [0.2, 0.25) is 0 Å². The van der Waals surface area contributed by atoms with Gasteiger partial charge in [-0.1, -0.05) is 36.4 Å². The van der Waals surface area contributed by atoms with Crippen molar-refractivity contribution in [1.29, 1.82) is 0 Å². The zero-order chi connectivity index (χ0) is 20.8. The quantitative estimate of drug-likeness (QED) is 0.518. The molecule has 2 aromatic carbocycles. The second-order valence-electron chi connectivity index (χ2n) is 6.68. The van der Waals surface area contributed by atoms with Crippen LogP contribution in [0.2, 0.25) is 0 Å². The summed E-state index contributed by atoms with van der Waals surface area (Å²) in [5, 5.41) is 5.36. The number of nitrogens with one attached hydrogen (secondary N) is 2. The predicted octanol–water partition coefficient (Wildman–Crippen LogP) is 2.09. The van der Waals surface area contributed by atoms with E-state index in [1.165, 1.54) is 0 Å². The number of amides is 2. The van der Waals surface area contributed by atoms with E-state index in [2.05, 4.69) is 10.6 Å². The molecule has 2 aromatic rings. The van der Waals surface area contributed by atoms with Crippen LogP contribution in [0, 0.1) is 0 Å². The van der Waals surface area contributed by atoms with Gasteiger partial charge in [0, 0.05) is 37.5 Å². The maximum absolute atomic E-state index is 12.3. The first-order valence-electron chi connectivity index (χ1n) is 9.10. The van der Waals surface area contributed by atoms with E-state index in [0.29, 0.717) is 29.1 Å². The number of hydrogen-bond donors (Lipinski definition) is 3. The van der Waals surface area contributed by atoms with Gasteiger partial charge in [-0.3, -0.25) is 14.4 Å². The van der Waals surface area contributed by atoms with Crippen molar-refractivity contribution in [1.82, 2.24) is 10.2 Å². The fourth-order valence-electron chi connectivity index (χ4n) is 2.79. The molecule has 29 heavy (non-hydrogen) atoms. The molecular formula is C22H22N4O3. The van der Waals surface area contributed by atoms with E-state index in [0.717, 1.165) is 5.56 Å². The van der Waals surface area contributed by atoms with Gasteiger partial charge in [0.1, 0.15) is 0 Å². The standard InChI is InChI=1S/C22H22N4O3/c1-26-12-4-5-17(14-26)20(27)22(29)24-13-15-8-10-16(11-9-15)21(28)25-19-7-3-2-6-18(19)23/h2-11,14H,12-13,23H2,1H3,(H,24,29)(H,25,28). The van der Waals surface area contributed by atoms with Gasteiger partial charge in [0.05, 0.1) is 11.4 Å². The molecule has 7 heteroatoms. The summed E-state index contributed by atoms with van der Waals surface area (Å²) >= 11 is 0. The van der Waals surface area contributed by atoms with Crippen LogP contribution in [0.25, 0.3) is 0 Å². The summed E-state index contributed by atoms with van der Waals surface area (Å²) in [5.74, 6) is -1.53. The lowest BCUT2D eigenvalue weighted by molar-refractivity contribution is -0.135. The minimum absolute atomic E-state index is 0.185. The Kier molecular flexibility index (Phi) is 6.09. The zero-order valence-electron chi connectivity index (χ0n) is 16.0. The van der Waals surface area contributed by atoms with Crippen molar-refractivity contribution in [3.8, 4) is 0 Å². The maximum Gasteiger partial charge on any atom is 0.292 e. The number of benzene rings is 2. The average Bonchev–Trinajstić information content (AvgIpc) is 2.73. The summed E-state index contributed by atoms with van der Waals surface area (Å²) < 4.78 is 0. The molecule has 4 N–H and O–H groups in total. The first kappa shape index (κ1) is 19.9. The van der Waals surface area contributed by atoms with Crippen LogP contribution < -0.4 is 16.4 Å². The van der Waals surface area contributed by atoms with Crippen LogP contribution in [-0.2, 0) is 16.1 Å². The highest BCUT2D eigenvalue weighted by Crippen LogP contribution is 2.18. The number of rotatable bonds is 6. The van der Waals surface area contributed by atoms with Crippen LogP contribution in [0.15, 0.2) is 72.5 Å². The zero-order valence-corrected chi connectivity index (χ0v) is 16.0. The Hall–Kier alpha value is -3.87. The van der Waals surface area contributed by atoms with Gasteiger partial charge in [-0.2, -0.15) is 0 Å². The normalized spacial score (nSPS) is 12.9. The van der Waals surface area contributed by atoms with E-state index in [1.54, 1.807) is 60.8 Å². The summed E-state index contributed by atoms with van der Waals surface area (Å²) in [7, 11) is 1.83. The summed E-state index contributed by atoms with van der Waals surface area (Å²) in [4.78, 5) is 38.5. The maximum atomic E-state index is 12.3. The van der Waals surface area contributed by atoms with E-state index in [1.807, 2.05) is 18.0 Å². The minimum atomic E-state index is -0.669. The third-order valence-electron chi connectivity index (χ3n) is 4.40. The number of nitrogens with zero attached hydrogens (tertiary/aromatic N) is 1. The molecule has 0 spiro atoms. The van der Waals surface area contributed by atoms with Crippen molar-refractivity contribution >= 4 is 29.0 Å². The van der Waals surface area contributed by atoms with Gasteiger partial charge < -0.3 is 21.3 Å². The molecule has 0 fully saturated rings. The highest BCUT2D eigenvalue weighted by molar-refractivity contribution is 6.43. The lowest BCUT2D eigenvalue weighted by atomic mass is 10.1. The molecule has 0 bridgehead atoms. The molecule has 0 saturated heterocycles. The van der Waals surface area contributed by atoms with Gasteiger partial charge in [-0.15, -0.1) is 0 Å². The number of carbonyl (C=O) groups excluding carboxylic acids is 3. The molecule has 1 aliphatic rings. The first-order chi connectivity index (χ1) is 13.9. The van der Waals surface area contributed by atoms with E-state index in [9.17, 15) is 14.4 Å². The second kappa shape index (κ2) is 8.88. The Morgan fingerprint density at radius 3 is 2.48 bits per heavy atom. The van der Waals surface area contributed by atoms with E-state index in [4.69, 9.17) is 5.73 Å². The van der Waals surface area contributed by atoms with Crippen LogP contribution in [-0.4, -0.2) is 36.1 Å². The van der Waals surface area contributed by atoms with Gasteiger partial charge in [0.25, 0.3) is 17.6 Å². The van der Waals surface area contributed by atoms with Crippen LogP contribution in [0.5, 0.6) is 0 Å². The lowest BCUT2D eigenvalue weighted by Gasteiger charge is -2.16. The van der Waals surface area contributed by atoms with Crippen LogP contribution >= 0.6 is 0 Å². The van der Waals surface area contributed by atoms with Crippen LogP contribution in [0.4, 0.5) is 11.4 Å². The number of anilines is 2. The van der Waals surface area contributed by atoms with Gasteiger partial charge in [0.15, 0.2) is 0 Å². The van der Waals surface area contributed by atoms with Gasteiger partial charge >= 0.3 is 0 Å². The summed E-state index contributed by atoms with van der Waals surface area (Å²) in [6.45, 7) is 0.889. The molecule has 0 aromatic heterocycles. The Labute approximate surface area is 168 Å². The monoisotopic (exact) mass is 390 g/mol. The van der Waals surface area contributed by atoms with E-state index >= 15 is 0 Å². The third-order valence-corrected chi connectivity index (χ3v) is 4.40. The lowest BCUT2D eigenvalue weighted by Crippen LogP contribution is -2.32. The molecular weight excluding hydrogens is 368 g/mol. The molecule has 3 rings (SSSR count). The SMILES string of the molecule is CN1C=C(C(=O)C(=O)NCc2ccc(C(=O)Nc3ccccc3N)cc2)C=CC1. The molecule has 148 valence electrons. The Morgan fingerprint density at radius 2 is 1.79 bits per heavy atom. The summed E-state index contributed by atoms with van der Waals surface area (Å²) in [5.41, 5.74) is 8.44. The van der Waals surface area contributed by atoms with Crippen molar-refractivity contribution in [2.75, 3.05) is 24.6 Å². The fourth-order valence-corrected chi connectivity index (χ4v) is 2.79. The molecule has 7 nitrogen and oxygen atoms in total. The number of hydrogen-bond acceptors (Lipinski definition) is 5. The number of nitrogen functional groups attached to an aromatic ring is 1. The first-order valence-corrected chi connectivity index (χ1v) is 9.10. The van der Waals surface area contributed by atoms with Gasteiger partial charge in [-0.25, -0.2) is 0 Å². The molecule has 2 amide bonds. The second-order valence-corrected chi connectivity index (χ2v) is 6.68. The van der Waals surface area contributed by atoms with E-state index in [-0.39, 0.29) is 12.5 Å². The number of Topliss-reactive ketones (excluding diaryl/α,β-unsaturated/α-hetero) is 1.